The molecule has 0 radical (unpaired) electrons. The summed E-state index contributed by atoms with van der Waals surface area (Å²) in [5.74, 6) is 5.84. The zero-order valence-electron chi connectivity index (χ0n) is 8.99. The van der Waals surface area contributed by atoms with Crippen molar-refractivity contribution in [2.24, 2.45) is 0 Å². The van der Waals surface area contributed by atoms with E-state index in [1.54, 1.807) is 22.7 Å². The lowest BCUT2D eigenvalue weighted by Gasteiger charge is -1.94. The molecule has 0 amide bonds. The van der Waals surface area contributed by atoms with Crippen LogP contribution in [0.1, 0.15) is 11.8 Å². The monoisotopic (exact) mass is 248 g/mol. The van der Waals surface area contributed by atoms with Crippen LogP contribution in [0.15, 0.2) is 23.0 Å². The Balaban J connectivity index is 1.94. The van der Waals surface area contributed by atoms with E-state index in [0.717, 1.165) is 18.1 Å². The van der Waals surface area contributed by atoms with Gasteiger partial charge in [0.15, 0.2) is 0 Å². The summed E-state index contributed by atoms with van der Waals surface area (Å²) >= 11 is 3.43. The normalized spacial score (nSPS) is 9.81. The summed E-state index contributed by atoms with van der Waals surface area (Å²) in [5, 5.41) is 8.56. The third kappa shape index (κ3) is 2.92. The van der Waals surface area contributed by atoms with Crippen molar-refractivity contribution in [3.63, 3.8) is 0 Å². The largest absolute Gasteiger partial charge is 0.301 e. The van der Waals surface area contributed by atoms with E-state index in [1.807, 2.05) is 13.1 Å². The van der Waals surface area contributed by atoms with E-state index in [2.05, 4.69) is 39.0 Å². The zero-order valence-corrected chi connectivity index (χ0v) is 10.6. The molecule has 0 saturated heterocycles. The van der Waals surface area contributed by atoms with Gasteiger partial charge < -0.3 is 5.32 Å². The molecule has 2 nitrogen and oxygen atoms in total. The highest BCUT2D eigenvalue weighted by molar-refractivity contribution is 7.15. The van der Waals surface area contributed by atoms with Crippen molar-refractivity contribution in [1.29, 1.82) is 0 Å². The van der Waals surface area contributed by atoms with E-state index in [0.29, 0.717) is 0 Å². The molecule has 0 aliphatic carbocycles. The van der Waals surface area contributed by atoms with Crippen molar-refractivity contribution in [2.75, 3.05) is 6.54 Å². The summed E-state index contributed by atoms with van der Waals surface area (Å²) in [6.07, 6.45) is 1.93. The van der Waals surface area contributed by atoms with E-state index in [1.165, 1.54) is 10.4 Å². The number of rotatable bonds is 4. The minimum atomic E-state index is 0.738. The predicted octanol–water partition coefficient (Wildman–Crippen LogP) is 2.98. The molecule has 0 unspecified atom stereocenters. The second-order valence-corrected chi connectivity index (χ2v) is 5.07. The molecule has 82 valence electrons. The summed E-state index contributed by atoms with van der Waals surface area (Å²) in [6, 6.07) is 2.10. The van der Waals surface area contributed by atoms with Crippen LogP contribution in [0.5, 0.6) is 0 Å². The smallest absolute Gasteiger partial charge is 0.124 e. The number of hydrogen-bond acceptors (Lipinski definition) is 4. The summed E-state index contributed by atoms with van der Waals surface area (Å²) < 4.78 is 0. The maximum Gasteiger partial charge on any atom is 0.124 e. The van der Waals surface area contributed by atoms with Crippen molar-refractivity contribution in [2.45, 2.75) is 13.5 Å². The predicted molar refractivity (Wildman–Crippen MR) is 70.6 cm³/mol. The van der Waals surface area contributed by atoms with Gasteiger partial charge in [0.05, 0.1) is 6.54 Å². The van der Waals surface area contributed by atoms with Gasteiger partial charge in [-0.05, 0) is 18.4 Å². The van der Waals surface area contributed by atoms with Crippen LogP contribution >= 0.6 is 22.7 Å². The maximum absolute atomic E-state index is 4.41. The Morgan fingerprint density at radius 1 is 1.50 bits per heavy atom. The second-order valence-electron chi connectivity index (χ2n) is 3.17. The Morgan fingerprint density at radius 3 is 3.19 bits per heavy atom. The fraction of sp³-hybridized carbons (Fsp3) is 0.250. The molecule has 2 rings (SSSR count). The van der Waals surface area contributed by atoms with Crippen molar-refractivity contribution in [3.05, 3.63) is 27.9 Å². The van der Waals surface area contributed by atoms with Crippen LogP contribution in [-0.4, -0.2) is 11.5 Å². The highest BCUT2D eigenvalue weighted by Crippen LogP contribution is 2.26. The molecular weight excluding hydrogens is 236 g/mol. The Kier molecular flexibility index (Phi) is 4.11. The van der Waals surface area contributed by atoms with Crippen molar-refractivity contribution in [3.8, 4) is 22.4 Å². The molecular formula is C12H12N2S2. The molecule has 2 heterocycles. The Hall–Kier alpha value is -1.15. The summed E-state index contributed by atoms with van der Waals surface area (Å²) in [7, 11) is 0. The minimum absolute atomic E-state index is 0.738. The third-order valence-electron chi connectivity index (χ3n) is 2.01. The van der Waals surface area contributed by atoms with Crippen LogP contribution in [0.3, 0.4) is 0 Å². The van der Waals surface area contributed by atoms with E-state index in [9.17, 15) is 0 Å². The maximum atomic E-state index is 4.41. The molecule has 2 aromatic heterocycles. The van der Waals surface area contributed by atoms with Gasteiger partial charge in [-0.2, -0.15) is 11.3 Å². The van der Waals surface area contributed by atoms with Crippen LogP contribution in [0.2, 0.25) is 0 Å². The third-order valence-corrected chi connectivity index (χ3v) is 3.74. The van der Waals surface area contributed by atoms with E-state index in [4.69, 9.17) is 0 Å². The Bertz CT molecular complexity index is 489. The summed E-state index contributed by atoms with van der Waals surface area (Å²) in [5.41, 5.74) is 1.22. The molecule has 2 aromatic rings. The minimum Gasteiger partial charge on any atom is -0.301 e. The topological polar surface area (TPSA) is 24.9 Å². The number of nitrogens with zero attached hydrogens (tertiary/aromatic N) is 1. The number of thiophene rings is 1. The second kappa shape index (κ2) is 5.80. The molecule has 0 saturated carbocycles. The van der Waals surface area contributed by atoms with Gasteiger partial charge in [0.2, 0.25) is 0 Å². The van der Waals surface area contributed by atoms with Gasteiger partial charge in [0.25, 0.3) is 0 Å². The van der Waals surface area contributed by atoms with Crippen LogP contribution in [0, 0.1) is 11.8 Å². The standard InChI is InChI=1S/C12H12N2S2/c1-2-3-5-13-7-11-8-14-12(16-11)10-4-6-15-9-10/h4,6,8-9,13H,5,7H2,1H3. The number of aromatic nitrogens is 1. The van der Waals surface area contributed by atoms with Crippen LogP contribution < -0.4 is 5.32 Å². The van der Waals surface area contributed by atoms with Gasteiger partial charge in [-0.3, -0.25) is 0 Å². The molecule has 0 aliphatic heterocycles. The van der Waals surface area contributed by atoms with Gasteiger partial charge in [0, 0.05) is 28.6 Å². The highest BCUT2D eigenvalue weighted by Gasteiger charge is 2.04. The molecule has 1 N–H and O–H groups in total. The first-order valence-corrected chi connectivity index (χ1v) is 6.73. The van der Waals surface area contributed by atoms with Crippen molar-refractivity contribution in [1.82, 2.24) is 10.3 Å². The average molecular weight is 248 g/mol. The van der Waals surface area contributed by atoms with Crippen molar-refractivity contribution >= 4 is 22.7 Å². The van der Waals surface area contributed by atoms with Gasteiger partial charge in [0.1, 0.15) is 5.01 Å². The molecule has 0 fully saturated rings. The molecule has 0 aliphatic rings. The average Bonchev–Trinajstić information content (AvgIpc) is 2.94. The Morgan fingerprint density at radius 2 is 2.44 bits per heavy atom. The fourth-order valence-corrected chi connectivity index (χ4v) is 2.84. The van der Waals surface area contributed by atoms with Gasteiger partial charge in [-0.25, -0.2) is 4.98 Å². The molecule has 0 spiro atoms. The lowest BCUT2D eigenvalue weighted by atomic mass is 10.4. The fourth-order valence-electron chi connectivity index (χ4n) is 1.25. The van der Waals surface area contributed by atoms with Crippen molar-refractivity contribution < 1.29 is 0 Å². The van der Waals surface area contributed by atoms with Crippen LogP contribution in [0.4, 0.5) is 0 Å². The van der Waals surface area contributed by atoms with Gasteiger partial charge in [-0.15, -0.1) is 17.3 Å². The lowest BCUT2D eigenvalue weighted by molar-refractivity contribution is 0.779. The van der Waals surface area contributed by atoms with E-state index < -0.39 is 0 Å². The molecule has 0 bridgehead atoms. The van der Waals surface area contributed by atoms with Gasteiger partial charge >= 0.3 is 0 Å². The SMILES string of the molecule is CC#CCNCc1cnc(-c2ccsc2)s1. The van der Waals surface area contributed by atoms with Crippen LogP contribution in [0.25, 0.3) is 10.6 Å². The summed E-state index contributed by atoms with van der Waals surface area (Å²) in [6.45, 7) is 3.43. The molecule has 4 heteroatoms. The highest BCUT2D eigenvalue weighted by atomic mass is 32.1. The zero-order chi connectivity index (χ0) is 11.2. The lowest BCUT2D eigenvalue weighted by Crippen LogP contribution is -2.11. The number of hydrogen-bond donors (Lipinski definition) is 1. The molecule has 0 aromatic carbocycles. The summed E-state index contributed by atoms with van der Waals surface area (Å²) in [4.78, 5) is 5.66. The first-order valence-electron chi connectivity index (χ1n) is 4.98. The number of nitrogens with one attached hydrogen (secondary N) is 1. The van der Waals surface area contributed by atoms with Gasteiger partial charge in [-0.1, -0.05) is 5.92 Å². The first kappa shape index (κ1) is 11.3. The quantitative estimate of drug-likeness (QED) is 0.664. The molecule has 16 heavy (non-hydrogen) atoms. The van der Waals surface area contributed by atoms with E-state index in [-0.39, 0.29) is 0 Å². The Labute approximate surface area is 103 Å². The first-order chi connectivity index (χ1) is 7.90. The number of thiazole rings is 1. The van der Waals surface area contributed by atoms with Crippen LogP contribution in [-0.2, 0) is 6.54 Å². The van der Waals surface area contributed by atoms with E-state index >= 15 is 0 Å². The molecule has 0 atom stereocenters.